The molecule has 1 saturated carbocycles. The lowest BCUT2D eigenvalue weighted by Gasteiger charge is -2.18. The molecule has 0 atom stereocenters. The number of nitrogens with zero attached hydrogens (tertiary/aromatic N) is 7. The van der Waals surface area contributed by atoms with Crippen LogP contribution in [0.25, 0.3) is 22.6 Å². The minimum absolute atomic E-state index is 0.135. The Labute approximate surface area is 212 Å². The molecule has 6 rings (SSSR count). The van der Waals surface area contributed by atoms with Gasteiger partial charge in [0.1, 0.15) is 11.9 Å². The van der Waals surface area contributed by atoms with E-state index in [4.69, 9.17) is 21.3 Å². The Kier molecular flexibility index (Phi) is 5.53. The van der Waals surface area contributed by atoms with Crippen LogP contribution in [-0.4, -0.2) is 45.7 Å². The van der Waals surface area contributed by atoms with Crippen LogP contribution in [0.4, 0.5) is 5.82 Å². The van der Waals surface area contributed by atoms with Gasteiger partial charge in [0.15, 0.2) is 16.8 Å². The van der Waals surface area contributed by atoms with Gasteiger partial charge in [-0.15, -0.1) is 10.2 Å². The lowest BCUT2D eigenvalue weighted by atomic mass is 10.1. The van der Waals surface area contributed by atoms with Crippen molar-refractivity contribution in [2.75, 3.05) is 11.4 Å². The van der Waals surface area contributed by atoms with E-state index >= 15 is 0 Å². The summed E-state index contributed by atoms with van der Waals surface area (Å²) in [4.78, 5) is 17.9. The molecule has 10 nitrogen and oxygen atoms in total. The monoisotopic (exact) mass is 521 g/mol. The van der Waals surface area contributed by atoms with E-state index in [9.17, 15) is 8.42 Å². The third kappa shape index (κ3) is 4.14. The van der Waals surface area contributed by atoms with E-state index < -0.39 is 10.0 Å². The zero-order valence-corrected chi connectivity index (χ0v) is 20.7. The molecule has 0 N–H and O–H groups in total. The Hall–Kier alpha value is -3.70. The summed E-state index contributed by atoms with van der Waals surface area (Å²) in [6, 6.07) is 10.9. The largest absolute Gasteiger partial charge is 0.480 e. The Morgan fingerprint density at radius 1 is 1.06 bits per heavy atom. The number of benzene rings is 1. The Morgan fingerprint density at radius 2 is 1.86 bits per heavy atom. The molecule has 0 radical (unpaired) electrons. The van der Waals surface area contributed by atoms with Crippen molar-refractivity contribution in [2.24, 2.45) is 0 Å². The van der Waals surface area contributed by atoms with Gasteiger partial charge in [0.2, 0.25) is 15.9 Å². The molecule has 1 aliphatic carbocycles. The lowest BCUT2D eigenvalue weighted by molar-refractivity contribution is 0.397. The molecule has 0 spiro atoms. The highest BCUT2D eigenvalue weighted by Crippen LogP contribution is 2.45. The number of aromatic nitrogens is 6. The summed E-state index contributed by atoms with van der Waals surface area (Å²) in [6.07, 6.45) is 5.09. The van der Waals surface area contributed by atoms with Gasteiger partial charge in [0, 0.05) is 23.2 Å². The summed E-state index contributed by atoms with van der Waals surface area (Å²) in [6.45, 7) is 0.135. The summed E-state index contributed by atoms with van der Waals surface area (Å²) in [5.74, 6) is 1.24. The molecule has 1 fully saturated rings. The van der Waals surface area contributed by atoms with Gasteiger partial charge < -0.3 is 4.74 Å². The number of sulfonamides is 1. The molecule has 1 aromatic carbocycles. The van der Waals surface area contributed by atoms with E-state index in [1.807, 2.05) is 24.3 Å². The van der Waals surface area contributed by atoms with Crippen LogP contribution in [0.15, 0.2) is 48.9 Å². The first-order chi connectivity index (χ1) is 17.4. The average Bonchev–Trinajstić information content (AvgIpc) is 3.70. The van der Waals surface area contributed by atoms with E-state index in [2.05, 4.69) is 25.1 Å². The van der Waals surface area contributed by atoms with Gasteiger partial charge in [-0.05, 0) is 30.5 Å². The minimum Gasteiger partial charge on any atom is -0.480 e. The van der Waals surface area contributed by atoms with E-state index in [1.165, 1.54) is 17.7 Å². The van der Waals surface area contributed by atoms with Crippen molar-refractivity contribution in [3.63, 3.8) is 0 Å². The van der Waals surface area contributed by atoms with Crippen LogP contribution in [0.2, 0.25) is 5.15 Å². The molecule has 0 saturated heterocycles. The van der Waals surface area contributed by atoms with E-state index in [0.29, 0.717) is 45.4 Å². The Balaban J connectivity index is 1.34. The smallest absolute Gasteiger partial charge is 0.241 e. The van der Waals surface area contributed by atoms with Crippen molar-refractivity contribution in [1.29, 1.82) is 0 Å². The third-order valence-corrected chi connectivity index (χ3v) is 8.03. The summed E-state index contributed by atoms with van der Waals surface area (Å²) >= 11 is 5.82. The second-order valence-electron chi connectivity index (χ2n) is 8.66. The number of hydrogen-bond donors (Lipinski definition) is 0. The molecule has 12 heteroatoms. The number of hydrogen-bond acceptors (Lipinski definition) is 9. The molecule has 0 bridgehead atoms. The zero-order valence-electron chi connectivity index (χ0n) is 19.2. The van der Waals surface area contributed by atoms with E-state index in [1.54, 1.807) is 18.3 Å². The molecule has 182 valence electrons. The fourth-order valence-corrected chi connectivity index (χ4v) is 5.87. The van der Waals surface area contributed by atoms with Crippen molar-refractivity contribution in [3.8, 4) is 28.5 Å². The van der Waals surface area contributed by atoms with Crippen molar-refractivity contribution >= 4 is 27.4 Å². The van der Waals surface area contributed by atoms with Crippen LogP contribution in [0.3, 0.4) is 0 Å². The highest BCUT2D eigenvalue weighted by atomic mass is 35.5. The topological polar surface area (TPSA) is 124 Å². The first-order valence-corrected chi connectivity index (χ1v) is 13.3. The average molecular weight is 522 g/mol. The molecule has 0 amide bonds. The Morgan fingerprint density at radius 3 is 2.56 bits per heavy atom. The van der Waals surface area contributed by atoms with Gasteiger partial charge >= 0.3 is 0 Å². The maximum Gasteiger partial charge on any atom is 0.241 e. The maximum atomic E-state index is 13.1. The van der Waals surface area contributed by atoms with Gasteiger partial charge in [-0.2, -0.15) is 0 Å². The van der Waals surface area contributed by atoms with Crippen LogP contribution in [-0.2, 0) is 22.3 Å². The summed E-state index contributed by atoms with van der Waals surface area (Å²) in [5.41, 5.74) is 4.32. The maximum absolute atomic E-state index is 13.1. The van der Waals surface area contributed by atoms with Gasteiger partial charge in [-0.3, -0.25) is 0 Å². The Bertz CT molecular complexity index is 1560. The molecule has 0 unspecified atom stereocenters. The van der Waals surface area contributed by atoms with Crippen molar-refractivity contribution in [2.45, 2.75) is 31.1 Å². The number of halogens is 1. The van der Waals surface area contributed by atoms with Crippen molar-refractivity contribution in [1.82, 2.24) is 30.1 Å². The molecule has 3 aromatic heterocycles. The summed E-state index contributed by atoms with van der Waals surface area (Å²) < 4.78 is 33.0. The first kappa shape index (κ1) is 22.7. The minimum atomic E-state index is -3.61. The highest BCUT2D eigenvalue weighted by molar-refractivity contribution is 7.92. The number of rotatable bonds is 6. The summed E-state index contributed by atoms with van der Waals surface area (Å²) in [5, 5.41) is 8.27. The standard InChI is InChI=1S/C24H20ClN7O3S/c1-35-24-20(21(16-6-7-16)27-13-28-24)22-26-10-17-12-36(33,34)32(23(17)29-22)11-14-2-4-15(5-3-14)18-8-9-19(25)31-30-18/h2-5,8-10,13,16H,6-7,11-12H2,1H3. The second-order valence-corrected chi connectivity index (χ2v) is 10.9. The number of ether oxygens (including phenoxy) is 1. The van der Waals surface area contributed by atoms with Crippen LogP contribution in [0.5, 0.6) is 5.88 Å². The SMILES string of the molecule is COc1ncnc(C2CC2)c1-c1ncc2c(n1)N(Cc1ccc(-c3ccc(Cl)nn3)cc1)S(=O)(=O)C2. The fraction of sp³-hybridized carbons (Fsp3) is 0.250. The number of anilines is 1. The van der Waals surface area contributed by atoms with Crippen LogP contribution < -0.4 is 9.04 Å². The first-order valence-electron chi connectivity index (χ1n) is 11.3. The predicted octanol–water partition coefficient (Wildman–Crippen LogP) is 3.78. The van der Waals surface area contributed by atoms with E-state index in [-0.39, 0.29) is 12.3 Å². The van der Waals surface area contributed by atoms with Crippen molar-refractivity contribution < 1.29 is 13.2 Å². The zero-order chi connectivity index (χ0) is 24.9. The molecule has 36 heavy (non-hydrogen) atoms. The molecule has 4 heterocycles. The van der Waals surface area contributed by atoms with Crippen LogP contribution in [0, 0.1) is 0 Å². The predicted molar refractivity (Wildman–Crippen MR) is 133 cm³/mol. The molecular formula is C24H20ClN7O3S. The molecule has 2 aliphatic rings. The van der Waals surface area contributed by atoms with Gasteiger partial charge in [0.05, 0.1) is 30.8 Å². The van der Waals surface area contributed by atoms with Gasteiger partial charge in [-0.1, -0.05) is 35.9 Å². The number of methoxy groups -OCH3 is 1. The molecular weight excluding hydrogens is 502 g/mol. The summed E-state index contributed by atoms with van der Waals surface area (Å²) in [7, 11) is -2.08. The highest BCUT2D eigenvalue weighted by Gasteiger charge is 2.37. The van der Waals surface area contributed by atoms with Crippen LogP contribution in [0.1, 0.15) is 35.6 Å². The van der Waals surface area contributed by atoms with Crippen LogP contribution >= 0.6 is 11.6 Å². The lowest BCUT2D eigenvalue weighted by Crippen LogP contribution is -2.26. The second kappa shape index (κ2) is 8.75. The number of fused-ring (bicyclic) bond motifs is 1. The fourth-order valence-electron chi connectivity index (χ4n) is 4.25. The van der Waals surface area contributed by atoms with Crippen molar-refractivity contribution in [3.05, 3.63) is 70.9 Å². The normalized spacial score (nSPS) is 16.1. The van der Waals surface area contributed by atoms with E-state index in [0.717, 1.165) is 29.7 Å². The molecule has 4 aromatic rings. The molecule has 1 aliphatic heterocycles. The van der Waals surface area contributed by atoms with Gasteiger partial charge in [0.25, 0.3) is 0 Å². The quantitative estimate of drug-likeness (QED) is 0.372. The third-order valence-electron chi connectivity index (χ3n) is 6.18. The van der Waals surface area contributed by atoms with Gasteiger partial charge in [-0.25, -0.2) is 32.7 Å².